The average molecular weight is 341 g/mol. The minimum Gasteiger partial charge on any atom is -0.103 e. The van der Waals surface area contributed by atoms with Crippen LogP contribution in [0.1, 0.15) is 48.3 Å². The largest absolute Gasteiger partial charge is 0.103 e. The molecule has 8 atom stereocenters. The van der Waals surface area contributed by atoms with E-state index in [1.807, 2.05) is 0 Å². The standard InChI is InChI=1S/C26H28/c1-4-14-10-11-19-24-17(14)8-7-9-18(24)25-20-13-21(26(19)25)23-16(6-3)12-15(5-2)22(20)23/h5-11,15-16,20-23,25-26H,2-4,12-13H2,1H3. The zero-order chi connectivity index (χ0) is 17.6. The topological polar surface area (TPSA) is 0 Å². The third kappa shape index (κ3) is 1.59. The zero-order valence-corrected chi connectivity index (χ0v) is 15.7. The van der Waals surface area contributed by atoms with Crippen LogP contribution in [0.2, 0.25) is 0 Å². The van der Waals surface area contributed by atoms with Gasteiger partial charge in [-0.1, -0.05) is 49.4 Å². The Hall–Kier alpha value is -1.82. The van der Waals surface area contributed by atoms with E-state index in [-0.39, 0.29) is 0 Å². The molecule has 0 N–H and O–H groups in total. The van der Waals surface area contributed by atoms with Gasteiger partial charge in [0.25, 0.3) is 0 Å². The van der Waals surface area contributed by atoms with Gasteiger partial charge in [0.05, 0.1) is 0 Å². The van der Waals surface area contributed by atoms with Gasteiger partial charge in [-0.25, -0.2) is 0 Å². The second-order valence-electron chi connectivity index (χ2n) is 9.24. The van der Waals surface area contributed by atoms with E-state index in [1.165, 1.54) is 23.8 Å². The van der Waals surface area contributed by atoms with Gasteiger partial charge in [-0.2, -0.15) is 0 Å². The van der Waals surface area contributed by atoms with Crippen LogP contribution in [0.25, 0.3) is 10.8 Å². The fourth-order valence-corrected chi connectivity index (χ4v) is 8.08. The van der Waals surface area contributed by atoms with E-state index in [1.54, 1.807) is 16.5 Å². The van der Waals surface area contributed by atoms with Crippen LogP contribution in [0.3, 0.4) is 0 Å². The molecule has 0 heterocycles. The molecule has 26 heavy (non-hydrogen) atoms. The summed E-state index contributed by atoms with van der Waals surface area (Å²) in [7, 11) is 0. The van der Waals surface area contributed by atoms with Gasteiger partial charge in [0.2, 0.25) is 0 Å². The Kier molecular flexibility index (Phi) is 3.01. The van der Waals surface area contributed by atoms with Crippen molar-refractivity contribution in [1.82, 2.24) is 0 Å². The van der Waals surface area contributed by atoms with E-state index in [9.17, 15) is 0 Å². The van der Waals surface area contributed by atoms with Gasteiger partial charge in [0.15, 0.2) is 0 Å². The molecule has 3 saturated carbocycles. The van der Waals surface area contributed by atoms with Gasteiger partial charge in [-0.3, -0.25) is 0 Å². The van der Waals surface area contributed by atoms with Gasteiger partial charge in [-0.15, -0.1) is 13.2 Å². The fourth-order valence-electron chi connectivity index (χ4n) is 8.08. The number of allylic oxidation sites excluding steroid dienone is 2. The SMILES string of the molecule is C=CC1CC(C=C)C2C3CC(C4c5cccc6c(CC)ccc(c56)C34)C12. The van der Waals surface area contributed by atoms with Crippen LogP contribution >= 0.6 is 0 Å². The summed E-state index contributed by atoms with van der Waals surface area (Å²) in [6.45, 7) is 10.7. The lowest BCUT2D eigenvalue weighted by molar-refractivity contribution is 0.174. The van der Waals surface area contributed by atoms with Crippen molar-refractivity contribution >= 4 is 10.8 Å². The van der Waals surface area contributed by atoms with Crippen molar-refractivity contribution in [3.05, 3.63) is 72.3 Å². The second-order valence-corrected chi connectivity index (χ2v) is 9.24. The minimum atomic E-state index is 0.702. The molecule has 3 fully saturated rings. The molecule has 0 aromatic heterocycles. The average Bonchev–Trinajstić information content (AvgIpc) is 3.40. The van der Waals surface area contributed by atoms with E-state index >= 15 is 0 Å². The van der Waals surface area contributed by atoms with Gasteiger partial charge < -0.3 is 0 Å². The van der Waals surface area contributed by atoms with Crippen LogP contribution in [-0.2, 0) is 6.42 Å². The van der Waals surface area contributed by atoms with E-state index in [2.05, 4.69) is 62.6 Å². The molecule has 0 spiro atoms. The van der Waals surface area contributed by atoms with Crippen molar-refractivity contribution in [2.75, 3.05) is 0 Å². The molecule has 6 rings (SSSR count). The fraction of sp³-hybridized carbons (Fsp3) is 0.462. The van der Waals surface area contributed by atoms with Crippen molar-refractivity contribution in [3.8, 4) is 0 Å². The van der Waals surface area contributed by atoms with Crippen molar-refractivity contribution < 1.29 is 0 Å². The first-order valence-corrected chi connectivity index (χ1v) is 10.6. The molecule has 0 nitrogen and oxygen atoms in total. The highest BCUT2D eigenvalue weighted by molar-refractivity contribution is 5.95. The maximum atomic E-state index is 4.21. The summed E-state index contributed by atoms with van der Waals surface area (Å²) in [4.78, 5) is 0. The number of fused-ring (bicyclic) bond motifs is 10. The summed E-state index contributed by atoms with van der Waals surface area (Å²) in [6, 6.07) is 12.0. The molecule has 0 radical (unpaired) electrons. The zero-order valence-electron chi connectivity index (χ0n) is 15.7. The highest BCUT2D eigenvalue weighted by Gasteiger charge is 2.65. The maximum Gasteiger partial charge on any atom is -0.00524 e. The molecule has 0 aliphatic heterocycles. The predicted molar refractivity (Wildman–Crippen MR) is 109 cm³/mol. The Balaban J connectivity index is 1.55. The molecule has 2 bridgehead atoms. The third-order valence-electron chi connectivity index (χ3n) is 8.72. The number of benzene rings is 2. The molecule has 2 aromatic rings. The first-order chi connectivity index (χ1) is 12.8. The summed E-state index contributed by atoms with van der Waals surface area (Å²) in [6.07, 6.45) is 8.40. The Morgan fingerprint density at radius 1 is 0.885 bits per heavy atom. The van der Waals surface area contributed by atoms with Crippen molar-refractivity contribution in [3.63, 3.8) is 0 Å². The van der Waals surface area contributed by atoms with E-state index in [0.29, 0.717) is 11.8 Å². The third-order valence-corrected chi connectivity index (χ3v) is 8.72. The Bertz CT molecular complexity index is 896. The summed E-state index contributed by atoms with van der Waals surface area (Å²) in [5, 5.41) is 3.16. The van der Waals surface area contributed by atoms with Crippen LogP contribution in [0.4, 0.5) is 0 Å². The van der Waals surface area contributed by atoms with Gasteiger partial charge in [0, 0.05) is 0 Å². The molecule has 0 amide bonds. The van der Waals surface area contributed by atoms with Crippen LogP contribution in [0, 0.1) is 35.5 Å². The molecule has 132 valence electrons. The molecular formula is C26H28. The van der Waals surface area contributed by atoms with Crippen molar-refractivity contribution in [1.29, 1.82) is 0 Å². The lowest BCUT2D eigenvalue weighted by Crippen LogP contribution is -2.31. The number of hydrogen-bond acceptors (Lipinski definition) is 0. The van der Waals surface area contributed by atoms with E-state index in [4.69, 9.17) is 0 Å². The van der Waals surface area contributed by atoms with Crippen LogP contribution in [0.15, 0.2) is 55.6 Å². The van der Waals surface area contributed by atoms with E-state index < -0.39 is 0 Å². The summed E-state index contributed by atoms with van der Waals surface area (Å²) < 4.78 is 0. The highest BCUT2D eigenvalue weighted by atomic mass is 14.7. The van der Waals surface area contributed by atoms with Crippen molar-refractivity contribution in [2.45, 2.75) is 38.0 Å². The summed E-state index contributed by atoms with van der Waals surface area (Å²) >= 11 is 0. The highest BCUT2D eigenvalue weighted by Crippen LogP contribution is 2.74. The van der Waals surface area contributed by atoms with Gasteiger partial charge in [-0.05, 0) is 94.1 Å². The molecular weight excluding hydrogens is 312 g/mol. The second kappa shape index (κ2) is 5.12. The predicted octanol–water partition coefficient (Wildman–Crippen LogP) is 6.47. The Morgan fingerprint density at radius 2 is 1.54 bits per heavy atom. The minimum absolute atomic E-state index is 0.702. The van der Waals surface area contributed by atoms with Crippen LogP contribution < -0.4 is 0 Å². The molecule has 4 aliphatic rings. The molecule has 0 saturated heterocycles. The Labute approximate surface area is 157 Å². The monoisotopic (exact) mass is 340 g/mol. The molecule has 8 unspecified atom stereocenters. The van der Waals surface area contributed by atoms with Gasteiger partial charge in [0.1, 0.15) is 0 Å². The number of rotatable bonds is 3. The molecule has 2 aromatic carbocycles. The quantitative estimate of drug-likeness (QED) is 0.561. The smallest absolute Gasteiger partial charge is 0.00524 e. The van der Waals surface area contributed by atoms with E-state index in [0.717, 1.165) is 41.9 Å². The molecule has 4 aliphatic carbocycles. The first kappa shape index (κ1) is 15.3. The first-order valence-electron chi connectivity index (χ1n) is 10.6. The van der Waals surface area contributed by atoms with Crippen molar-refractivity contribution in [2.24, 2.45) is 35.5 Å². The van der Waals surface area contributed by atoms with Crippen LogP contribution in [0.5, 0.6) is 0 Å². The van der Waals surface area contributed by atoms with Gasteiger partial charge >= 0.3 is 0 Å². The molecule has 0 heteroatoms. The number of hydrogen-bond donors (Lipinski definition) is 0. The maximum absolute atomic E-state index is 4.21. The summed E-state index contributed by atoms with van der Waals surface area (Å²) in [5.41, 5.74) is 4.87. The lowest BCUT2D eigenvalue weighted by Gasteiger charge is -2.38. The normalized spacial score (nSPS) is 41.4. The summed E-state index contributed by atoms with van der Waals surface area (Å²) in [5.74, 6) is 6.32. The van der Waals surface area contributed by atoms with Crippen LogP contribution in [-0.4, -0.2) is 0 Å². The Morgan fingerprint density at radius 3 is 2.15 bits per heavy atom. The number of aryl methyl sites for hydroxylation is 1. The lowest BCUT2D eigenvalue weighted by atomic mass is 9.65.